The molecule has 0 fully saturated rings. The second kappa shape index (κ2) is 11.7. The fourth-order valence-electron chi connectivity index (χ4n) is 6.37. The SMILES string of the molecule is Clc1cccc(-c2c3ccccc3c(-c3cccc(Cl)c3)c3cc(-c4cccc(-c5ccc(-c6ccccc6)s5)c4)ccc23)c1. The molecule has 214 valence electrons. The molecule has 8 rings (SSSR count). The summed E-state index contributed by atoms with van der Waals surface area (Å²) in [4.78, 5) is 2.53. The van der Waals surface area contributed by atoms with Crippen LogP contribution in [0, 0.1) is 0 Å². The largest absolute Gasteiger partial charge is 0.135 e. The van der Waals surface area contributed by atoms with Crippen LogP contribution in [0.4, 0.5) is 0 Å². The minimum Gasteiger partial charge on any atom is -0.135 e. The Morgan fingerprint density at radius 3 is 1.47 bits per heavy atom. The number of hydrogen-bond acceptors (Lipinski definition) is 1. The lowest BCUT2D eigenvalue weighted by Gasteiger charge is -2.19. The van der Waals surface area contributed by atoms with Crippen molar-refractivity contribution >= 4 is 56.1 Å². The molecule has 1 aromatic heterocycles. The van der Waals surface area contributed by atoms with Crippen molar-refractivity contribution in [2.75, 3.05) is 0 Å². The van der Waals surface area contributed by atoms with Crippen LogP contribution in [0.3, 0.4) is 0 Å². The number of rotatable bonds is 5. The molecule has 0 bridgehead atoms. The lowest BCUT2D eigenvalue weighted by Crippen LogP contribution is -1.92. The topological polar surface area (TPSA) is 0 Å². The lowest BCUT2D eigenvalue weighted by molar-refractivity contribution is 1.62. The summed E-state index contributed by atoms with van der Waals surface area (Å²) in [7, 11) is 0. The van der Waals surface area contributed by atoms with Crippen molar-refractivity contribution in [1.82, 2.24) is 0 Å². The zero-order chi connectivity index (χ0) is 30.3. The number of thiophene rings is 1. The van der Waals surface area contributed by atoms with Gasteiger partial charge in [0.05, 0.1) is 0 Å². The van der Waals surface area contributed by atoms with E-state index < -0.39 is 0 Å². The van der Waals surface area contributed by atoms with Crippen LogP contribution in [0.15, 0.2) is 158 Å². The molecular weight excluding hydrogens is 607 g/mol. The van der Waals surface area contributed by atoms with Gasteiger partial charge in [0.2, 0.25) is 0 Å². The van der Waals surface area contributed by atoms with Gasteiger partial charge in [0.1, 0.15) is 0 Å². The van der Waals surface area contributed by atoms with Crippen LogP contribution in [-0.4, -0.2) is 0 Å². The zero-order valence-corrected chi connectivity index (χ0v) is 26.5. The third-order valence-corrected chi connectivity index (χ3v) is 10.0. The van der Waals surface area contributed by atoms with Gasteiger partial charge in [0, 0.05) is 19.8 Å². The van der Waals surface area contributed by atoms with Crippen molar-refractivity contribution in [2.45, 2.75) is 0 Å². The summed E-state index contributed by atoms with van der Waals surface area (Å²) in [6.07, 6.45) is 0. The molecule has 0 unspecified atom stereocenters. The lowest BCUT2D eigenvalue weighted by atomic mass is 9.85. The first kappa shape index (κ1) is 27.9. The van der Waals surface area contributed by atoms with Crippen LogP contribution in [0.25, 0.3) is 75.8 Å². The van der Waals surface area contributed by atoms with Gasteiger partial charge < -0.3 is 0 Å². The van der Waals surface area contributed by atoms with E-state index in [0.29, 0.717) is 0 Å². The highest BCUT2D eigenvalue weighted by Crippen LogP contribution is 2.46. The molecule has 0 saturated carbocycles. The van der Waals surface area contributed by atoms with Gasteiger partial charge in [-0.25, -0.2) is 0 Å². The summed E-state index contributed by atoms with van der Waals surface area (Å²) in [6, 6.07) is 55.7. The Balaban J connectivity index is 1.35. The molecule has 0 aliphatic heterocycles. The van der Waals surface area contributed by atoms with Gasteiger partial charge in [-0.1, -0.05) is 132 Å². The van der Waals surface area contributed by atoms with E-state index in [9.17, 15) is 0 Å². The minimum atomic E-state index is 0.721. The Bertz CT molecular complexity index is 2350. The monoisotopic (exact) mass is 632 g/mol. The summed E-state index contributed by atoms with van der Waals surface area (Å²) < 4.78 is 0. The quantitative estimate of drug-likeness (QED) is 0.166. The minimum absolute atomic E-state index is 0.721. The normalized spacial score (nSPS) is 11.3. The first-order chi connectivity index (χ1) is 22.1. The molecule has 0 aliphatic rings. The number of halogens is 2. The zero-order valence-electron chi connectivity index (χ0n) is 24.2. The van der Waals surface area contributed by atoms with Gasteiger partial charge in [-0.15, -0.1) is 11.3 Å². The van der Waals surface area contributed by atoms with E-state index in [2.05, 4.69) is 133 Å². The van der Waals surface area contributed by atoms with Gasteiger partial charge in [-0.2, -0.15) is 0 Å². The molecule has 0 radical (unpaired) electrons. The van der Waals surface area contributed by atoms with E-state index in [-0.39, 0.29) is 0 Å². The fraction of sp³-hybridized carbons (Fsp3) is 0. The highest BCUT2D eigenvalue weighted by atomic mass is 35.5. The van der Waals surface area contributed by atoms with Gasteiger partial charge >= 0.3 is 0 Å². The van der Waals surface area contributed by atoms with Crippen LogP contribution in [0.1, 0.15) is 0 Å². The summed E-state index contributed by atoms with van der Waals surface area (Å²) in [5.74, 6) is 0. The van der Waals surface area contributed by atoms with Gasteiger partial charge in [0.25, 0.3) is 0 Å². The molecule has 0 atom stereocenters. The van der Waals surface area contributed by atoms with E-state index in [0.717, 1.165) is 21.2 Å². The molecule has 0 aliphatic carbocycles. The average molecular weight is 634 g/mol. The van der Waals surface area contributed by atoms with Gasteiger partial charge in [0.15, 0.2) is 0 Å². The molecule has 0 saturated heterocycles. The van der Waals surface area contributed by atoms with Crippen molar-refractivity contribution in [3.8, 4) is 54.3 Å². The molecule has 7 aromatic carbocycles. The Morgan fingerprint density at radius 1 is 0.311 bits per heavy atom. The van der Waals surface area contributed by atoms with Crippen LogP contribution < -0.4 is 0 Å². The molecule has 0 N–H and O–H groups in total. The molecule has 3 heteroatoms. The van der Waals surface area contributed by atoms with Crippen LogP contribution >= 0.6 is 34.5 Å². The first-order valence-corrected chi connectivity index (χ1v) is 16.5. The summed E-state index contributed by atoms with van der Waals surface area (Å²) in [5, 5.41) is 6.16. The van der Waals surface area contributed by atoms with E-state index in [1.165, 1.54) is 64.7 Å². The number of benzene rings is 7. The van der Waals surface area contributed by atoms with Gasteiger partial charge in [-0.05, 0) is 115 Å². The second-order valence-electron chi connectivity index (χ2n) is 11.2. The predicted octanol–water partition coefficient (Wildman–Crippen LogP) is 13.7. The maximum atomic E-state index is 6.57. The summed E-state index contributed by atoms with van der Waals surface area (Å²) >= 11 is 14.9. The predicted molar refractivity (Wildman–Crippen MR) is 197 cm³/mol. The highest BCUT2D eigenvalue weighted by molar-refractivity contribution is 7.18. The second-order valence-corrected chi connectivity index (χ2v) is 13.1. The molecule has 0 nitrogen and oxygen atoms in total. The van der Waals surface area contributed by atoms with Gasteiger partial charge in [-0.3, -0.25) is 0 Å². The Hall–Kier alpha value is -4.66. The third-order valence-electron chi connectivity index (χ3n) is 8.40. The van der Waals surface area contributed by atoms with E-state index in [4.69, 9.17) is 23.2 Å². The summed E-state index contributed by atoms with van der Waals surface area (Å²) in [5.41, 5.74) is 9.36. The van der Waals surface area contributed by atoms with Crippen molar-refractivity contribution in [3.63, 3.8) is 0 Å². The molecule has 0 spiro atoms. The maximum Gasteiger partial charge on any atom is 0.0412 e. The van der Waals surface area contributed by atoms with E-state index in [1.807, 2.05) is 35.6 Å². The number of hydrogen-bond donors (Lipinski definition) is 0. The molecule has 8 aromatic rings. The van der Waals surface area contributed by atoms with Crippen molar-refractivity contribution in [3.05, 3.63) is 168 Å². The summed E-state index contributed by atoms with van der Waals surface area (Å²) in [6.45, 7) is 0. The van der Waals surface area contributed by atoms with Crippen molar-refractivity contribution in [2.24, 2.45) is 0 Å². The standard InChI is InChI=1S/C42H26Cl2S/c43-33-15-7-13-31(24-33)41-35-17-4-5-18-36(35)42(32-14-8-16-34(44)25-32)38-26-29(19-20-37(38)41)28-11-6-12-30(23-28)40-22-21-39(45-40)27-9-2-1-3-10-27/h1-26H. The Kier molecular flexibility index (Phi) is 7.24. The van der Waals surface area contributed by atoms with Crippen LogP contribution in [0.5, 0.6) is 0 Å². The average Bonchev–Trinajstić information content (AvgIpc) is 3.58. The van der Waals surface area contributed by atoms with Crippen molar-refractivity contribution < 1.29 is 0 Å². The molecule has 0 amide bonds. The molecular formula is C42H26Cl2S. The van der Waals surface area contributed by atoms with E-state index in [1.54, 1.807) is 0 Å². The van der Waals surface area contributed by atoms with Crippen molar-refractivity contribution in [1.29, 1.82) is 0 Å². The fourth-order valence-corrected chi connectivity index (χ4v) is 7.76. The van der Waals surface area contributed by atoms with E-state index >= 15 is 0 Å². The van der Waals surface area contributed by atoms with Crippen LogP contribution in [0.2, 0.25) is 10.0 Å². The molecule has 45 heavy (non-hydrogen) atoms. The highest BCUT2D eigenvalue weighted by Gasteiger charge is 2.18. The number of fused-ring (bicyclic) bond motifs is 2. The smallest absolute Gasteiger partial charge is 0.0412 e. The molecule has 1 heterocycles. The van der Waals surface area contributed by atoms with Crippen LogP contribution in [-0.2, 0) is 0 Å². The Morgan fingerprint density at radius 2 is 0.800 bits per heavy atom. The maximum absolute atomic E-state index is 6.57. The Labute approximate surface area is 276 Å². The first-order valence-electron chi connectivity index (χ1n) is 14.9. The third kappa shape index (κ3) is 5.24.